The van der Waals surface area contributed by atoms with E-state index in [1.54, 1.807) is 6.92 Å². The average molecular weight is 923 g/mol. The first-order valence-corrected chi connectivity index (χ1v) is 25.8. The van der Waals surface area contributed by atoms with E-state index in [2.05, 4.69) is 10.0 Å². The van der Waals surface area contributed by atoms with Gasteiger partial charge in [0, 0.05) is 35.4 Å². The van der Waals surface area contributed by atoms with Crippen LogP contribution >= 0.6 is 11.3 Å². The molecule has 0 radical (unpaired) electrons. The Morgan fingerprint density at radius 2 is 1.72 bits per heavy atom. The molecular weight excluding hydrogens is 865 g/mol. The van der Waals surface area contributed by atoms with Crippen LogP contribution in [0.3, 0.4) is 0 Å². The van der Waals surface area contributed by atoms with Gasteiger partial charge in [0.25, 0.3) is 6.01 Å². The van der Waals surface area contributed by atoms with E-state index in [0.717, 1.165) is 59.4 Å². The normalized spacial score (nSPS) is 30.1. The Labute approximate surface area is 384 Å². The van der Waals surface area contributed by atoms with Crippen molar-refractivity contribution < 1.29 is 37.1 Å². The number of nitrogens with one attached hydrogen (secondary N) is 2. The fraction of sp³-hybridized carbons (Fsp3) is 0.551. The molecule has 10 rings (SSSR count). The molecule has 8 atom stereocenters. The maximum atomic E-state index is 14.9. The highest BCUT2D eigenvalue weighted by molar-refractivity contribution is 7.91. The summed E-state index contributed by atoms with van der Waals surface area (Å²) in [5.41, 5.74) is 3.03. The van der Waals surface area contributed by atoms with Crippen LogP contribution in [0.15, 0.2) is 66.1 Å². The van der Waals surface area contributed by atoms with Gasteiger partial charge in [0.15, 0.2) is 5.78 Å². The van der Waals surface area contributed by atoms with Crippen molar-refractivity contribution in [2.75, 3.05) is 6.54 Å². The Morgan fingerprint density at radius 1 is 0.938 bits per heavy atom. The summed E-state index contributed by atoms with van der Waals surface area (Å²) in [6.07, 6.45) is 9.79. The molecule has 2 aromatic heterocycles. The van der Waals surface area contributed by atoms with Crippen LogP contribution in [0.25, 0.3) is 32.9 Å². The number of carbonyl (C=O) groups excluding carboxylic acids is 4. The molecule has 65 heavy (non-hydrogen) atoms. The second-order valence-electron chi connectivity index (χ2n) is 19.9. The van der Waals surface area contributed by atoms with Gasteiger partial charge in [0.05, 0.1) is 34.0 Å². The van der Waals surface area contributed by atoms with Gasteiger partial charge in [-0.2, -0.15) is 4.98 Å². The van der Waals surface area contributed by atoms with Crippen molar-refractivity contribution in [3.05, 3.63) is 66.1 Å². The topological polar surface area (TPSA) is 179 Å². The van der Waals surface area contributed by atoms with E-state index >= 15 is 0 Å². The number of ketones is 1. The van der Waals surface area contributed by atoms with Gasteiger partial charge >= 0.3 is 6.09 Å². The van der Waals surface area contributed by atoms with E-state index < -0.39 is 56.3 Å². The average Bonchev–Trinajstić information content (AvgIpc) is 4.14. The lowest BCUT2D eigenvalue weighted by atomic mass is 9.91. The Bertz CT molecular complexity index is 2650. The zero-order valence-electron chi connectivity index (χ0n) is 37.2. The number of carbonyl (C=O) groups is 4. The maximum absolute atomic E-state index is 14.9. The molecule has 0 bridgehead atoms. The highest BCUT2D eigenvalue weighted by atomic mass is 32.2. The second kappa shape index (κ2) is 17.0. The first-order chi connectivity index (χ1) is 31.2. The van der Waals surface area contributed by atoms with E-state index in [0.29, 0.717) is 55.5 Å². The fourth-order valence-corrected chi connectivity index (χ4v) is 12.7. The molecule has 14 nitrogen and oxygen atoms in total. The van der Waals surface area contributed by atoms with Crippen LogP contribution in [0.2, 0.25) is 0 Å². The quantitative estimate of drug-likeness (QED) is 0.148. The van der Waals surface area contributed by atoms with Crippen molar-refractivity contribution in [2.45, 2.75) is 139 Å². The highest BCUT2D eigenvalue weighted by Gasteiger charge is 2.63. The van der Waals surface area contributed by atoms with Crippen LogP contribution in [-0.4, -0.2) is 87.1 Å². The van der Waals surface area contributed by atoms with Gasteiger partial charge in [-0.1, -0.05) is 61.4 Å². The third-order valence-electron chi connectivity index (χ3n) is 14.9. The summed E-state index contributed by atoms with van der Waals surface area (Å²) in [6, 6.07) is 14.3. The molecule has 4 heterocycles. The molecule has 5 fully saturated rings. The summed E-state index contributed by atoms with van der Waals surface area (Å²) in [6.45, 7) is 5.74. The van der Waals surface area contributed by atoms with E-state index in [1.807, 2.05) is 84.5 Å². The number of thiazole rings is 1. The Kier molecular flexibility index (Phi) is 11.4. The molecule has 4 aliphatic carbocycles. The van der Waals surface area contributed by atoms with Crippen molar-refractivity contribution in [3.63, 3.8) is 0 Å². The minimum atomic E-state index is -3.97. The molecule has 3 amide bonds. The number of alkyl carbamates (subject to hydrolysis) is 1. The van der Waals surface area contributed by atoms with E-state index in [-0.39, 0.29) is 43.2 Å². The number of allylic oxidation sites excluding steroid dienone is 2. The summed E-state index contributed by atoms with van der Waals surface area (Å²) >= 11 is 1.54. The molecule has 344 valence electrons. The van der Waals surface area contributed by atoms with Crippen LogP contribution in [0.4, 0.5) is 4.79 Å². The number of fused-ring (bicyclic) bond motifs is 4. The summed E-state index contributed by atoms with van der Waals surface area (Å²) in [7, 11) is -3.97. The van der Waals surface area contributed by atoms with Crippen LogP contribution in [-0.2, 0) is 29.1 Å². The SMILES string of the molecule is CC(C)n1c(O[C@@H]2C[C@H]3C(=O)C[C@]4(C(=O)NS(=O)(=O)C5(C)CC5)C[C@@H]4/C=C\CCCCC[C@H](NC(=O)OC4C[C@@H]5C[C@@H]5C4)C(=O)N3C2)nc2c(-c3nc(-c4ccccc4)cs3)cccc21. The number of imidazole rings is 1. The summed E-state index contributed by atoms with van der Waals surface area (Å²) in [5, 5.41) is 5.75. The smallest absolute Gasteiger partial charge is 0.408 e. The number of Topliss-reactive ketones (excluding diaryl/α,β-unsaturated/α-hetero) is 1. The number of rotatable bonds is 10. The number of aromatic nitrogens is 3. The maximum Gasteiger partial charge on any atom is 0.408 e. The van der Waals surface area contributed by atoms with Crippen LogP contribution in [0, 0.1) is 23.2 Å². The van der Waals surface area contributed by atoms with Gasteiger partial charge in [0.2, 0.25) is 21.8 Å². The Hall–Kier alpha value is -5.09. The Balaban J connectivity index is 0.955. The number of hydrogen-bond donors (Lipinski definition) is 2. The molecule has 4 aromatic rings. The summed E-state index contributed by atoms with van der Waals surface area (Å²) < 4.78 is 42.7. The number of amides is 3. The van der Waals surface area contributed by atoms with E-state index in [9.17, 15) is 27.6 Å². The molecule has 1 unspecified atom stereocenters. The fourth-order valence-electron chi connectivity index (χ4n) is 10.5. The van der Waals surface area contributed by atoms with Crippen molar-refractivity contribution >= 4 is 56.1 Å². The molecule has 2 N–H and O–H groups in total. The predicted molar refractivity (Wildman–Crippen MR) is 246 cm³/mol. The summed E-state index contributed by atoms with van der Waals surface area (Å²) in [4.78, 5) is 68.9. The lowest BCUT2D eigenvalue weighted by Gasteiger charge is -2.29. The molecule has 0 spiro atoms. The van der Waals surface area contributed by atoms with Crippen molar-refractivity contribution in [2.24, 2.45) is 23.2 Å². The van der Waals surface area contributed by atoms with Gasteiger partial charge in [-0.15, -0.1) is 11.3 Å². The van der Waals surface area contributed by atoms with Crippen LogP contribution in [0.5, 0.6) is 6.01 Å². The van der Waals surface area contributed by atoms with Crippen LogP contribution in [0.1, 0.15) is 110 Å². The molecule has 2 aromatic carbocycles. The van der Waals surface area contributed by atoms with Gasteiger partial charge in [-0.05, 0) is 108 Å². The summed E-state index contributed by atoms with van der Waals surface area (Å²) in [5.74, 6) is -0.557. The molecule has 6 aliphatic rings. The van der Waals surface area contributed by atoms with Crippen molar-refractivity contribution in [1.29, 1.82) is 0 Å². The number of nitrogens with zero attached hydrogens (tertiary/aromatic N) is 4. The van der Waals surface area contributed by atoms with Gasteiger partial charge < -0.3 is 19.7 Å². The first-order valence-electron chi connectivity index (χ1n) is 23.4. The number of sulfonamides is 1. The van der Waals surface area contributed by atoms with E-state index in [1.165, 1.54) is 22.7 Å². The predicted octanol–water partition coefficient (Wildman–Crippen LogP) is 8.13. The lowest BCUT2D eigenvalue weighted by molar-refractivity contribution is -0.140. The number of hydrogen-bond acceptors (Lipinski definition) is 11. The molecule has 4 saturated carbocycles. The van der Waals surface area contributed by atoms with Gasteiger partial charge in [-0.25, -0.2) is 18.2 Å². The zero-order valence-corrected chi connectivity index (χ0v) is 38.9. The lowest BCUT2D eigenvalue weighted by Crippen LogP contribution is -2.52. The Morgan fingerprint density at radius 3 is 2.48 bits per heavy atom. The second-order valence-corrected chi connectivity index (χ2v) is 23.0. The van der Waals surface area contributed by atoms with Gasteiger partial charge in [-0.3, -0.25) is 23.7 Å². The van der Waals surface area contributed by atoms with Gasteiger partial charge in [0.1, 0.15) is 28.8 Å². The van der Waals surface area contributed by atoms with Crippen molar-refractivity contribution in [1.82, 2.24) is 29.5 Å². The van der Waals surface area contributed by atoms with E-state index in [4.69, 9.17) is 19.4 Å². The monoisotopic (exact) mass is 922 g/mol. The zero-order chi connectivity index (χ0) is 45.3. The molecular formula is C49H58N6O8S2. The largest absolute Gasteiger partial charge is 0.459 e. The molecule has 1 saturated heterocycles. The minimum absolute atomic E-state index is 0.0325. The molecule has 2 aliphatic heterocycles. The highest BCUT2D eigenvalue weighted by Crippen LogP contribution is 2.58. The standard InChI is InChI=1S/C49H58N6O8S2/c1-29(2)55-39-18-12-16-36(43-50-38(28-64-43)30-13-8-7-9-14-30)42(39)52-46(55)62-35-24-40-41(56)26-49(45(58)53-65(60,61)48(3)19-20-48)25-33(49)15-10-5-4-6-11-17-37(44(57)54(40)27-35)51-47(59)63-34-22-31-21-32(31)23-34/h7-10,12-16,18,28-29,31-35,37,40H,4-6,11,17,19-27H2,1-3H3,(H,51,59)(H,53,58)/b15-10-/t31-,32+,33-,34?,35+,37-,40-,49+/m0/s1. The van der Waals surface area contributed by atoms with Crippen LogP contribution < -0.4 is 14.8 Å². The third-order valence-corrected chi connectivity index (χ3v) is 17.9. The number of ether oxygens (including phenoxy) is 2. The third kappa shape index (κ3) is 8.60. The minimum Gasteiger partial charge on any atom is -0.459 e. The first kappa shape index (κ1) is 43.8. The number of para-hydroxylation sites is 1. The molecule has 16 heteroatoms. The van der Waals surface area contributed by atoms with Crippen molar-refractivity contribution in [3.8, 4) is 27.8 Å². The number of benzene rings is 2.